The highest BCUT2D eigenvalue weighted by Gasteiger charge is 2.14. The van der Waals surface area contributed by atoms with Crippen molar-refractivity contribution in [2.45, 2.75) is 6.92 Å². The molecule has 0 aliphatic heterocycles. The van der Waals surface area contributed by atoms with Crippen LogP contribution < -0.4 is 10.1 Å². The Labute approximate surface area is 190 Å². The van der Waals surface area contributed by atoms with E-state index in [1.165, 1.54) is 0 Å². The van der Waals surface area contributed by atoms with Gasteiger partial charge in [0.15, 0.2) is 6.61 Å². The van der Waals surface area contributed by atoms with Gasteiger partial charge in [-0.3, -0.25) is 4.79 Å². The van der Waals surface area contributed by atoms with Gasteiger partial charge in [0, 0.05) is 11.1 Å². The Morgan fingerprint density at radius 3 is 2.18 bits per heavy atom. The van der Waals surface area contributed by atoms with E-state index in [9.17, 15) is 9.59 Å². The predicted octanol–water partition coefficient (Wildman–Crippen LogP) is 4.60. The van der Waals surface area contributed by atoms with Gasteiger partial charge in [-0.15, -0.1) is 10.2 Å². The molecule has 1 N–H and O–H groups in total. The van der Waals surface area contributed by atoms with Crippen molar-refractivity contribution in [2.24, 2.45) is 0 Å². The fraction of sp³-hybridized carbons (Fsp3) is 0.120. The van der Waals surface area contributed by atoms with Crippen LogP contribution in [-0.2, 0) is 9.53 Å². The number of aromatic nitrogens is 2. The molecule has 0 saturated carbocycles. The smallest absolute Gasteiger partial charge is 0.340 e. The molecule has 0 aliphatic rings. The van der Waals surface area contributed by atoms with Gasteiger partial charge in [-0.2, -0.15) is 0 Å². The number of ether oxygens (including phenoxy) is 2. The highest BCUT2D eigenvalue weighted by molar-refractivity contribution is 6.01. The van der Waals surface area contributed by atoms with Crippen molar-refractivity contribution in [3.63, 3.8) is 0 Å². The maximum absolute atomic E-state index is 12.3. The lowest BCUT2D eigenvalue weighted by Crippen LogP contribution is -2.22. The molecule has 0 spiro atoms. The van der Waals surface area contributed by atoms with Gasteiger partial charge >= 0.3 is 5.97 Å². The summed E-state index contributed by atoms with van der Waals surface area (Å²) in [7, 11) is 0. The Hall–Kier alpha value is -4.46. The molecular formula is C25H21N3O5. The maximum Gasteiger partial charge on any atom is 0.340 e. The number of carbonyl (C=O) groups excluding carboxylic acids is 2. The average molecular weight is 443 g/mol. The van der Waals surface area contributed by atoms with Crippen molar-refractivity contribution in [3.8, 4) is 28.7 Å². The molecule has 8 nitrogen and oxygen atoms in total. The monoisotopic (exact) mass is 443 g/mol. The highest BCUT2D eigenvalue weighted by Crippen LogP contribution is 2.25. The molecule has 0 bridgehead atoms. The van der Waals surface area contributed by atoms with E-state index in [0.29, 0.717) is 23.2 Å². The van der Waals surface area contributed by atoms with Crippen molar-refractivity contribution in [1.29, 1.82) is 0 Å². The quantitative estimate of drug-likeness (QED) is 0.397. The number of amides is 1. The lowest BCUT2D eigenvalue weighted by atomic mass is 10.2. The number of para-hydroxylation sites is 1. The number of nitrogens with zero attached hydrogens (tertiary/aromatic N) is 2. The molecule has 0 fully saturated rings. The molecule has 0 unspecified atom stereocenters. The van der Waals surface area contributed by atoms with Gasteiger partial charge in [-0.25, -0.2) is 4.79 Å². The van der Waals surface area contributed by atoms with Crippen LogP contribution in [0, 0.1) is 0 Å². The van der Waals surface area contributed by atoms with Crippen LogP contribution in [0.25, 0.3) is 22.9 Å². The van der Waals surface area contributed by atoms with Crippen LogP contribution >= 0.6 is 0 Å². The van der Waals surface area contributed by atoms with E-state index in [-0.39, 0.29) is 18.8 Å². The van der Waals surface area contributed by atoms with Crippen LogP contribution in [0.4, 0.5) is 5.69 Å². The summed E-state index contributed by atoms with van der Waals surface area (Å²) in [6.07, 6.45) is 0. The van der Waals surface area contributed by atoms with Crippen molar-refractivity contribution < 1.29 is 23.5 Å². The molecule has 4 rings (SSSR count). The normalized spacial score (nSPS) is 10.5. The Morgan fingerprint density at radius 2 is 1.48 bits per heavy atom. The lowest BCUT2D eigenvalue weighted by molar-refractivity contribution is -0.118. The summed E-state index contributed by atoms with van der Waals surface area (Å²) in [5, 5.41) is 10.8. The third-order valence-corrected chi connectivity index (χ3v) is 4.61. The summed E-state index contributed by atoms with van der Waals surface area (Å²) in [5.41, 5.74) is 2.22. The number of hydrogen-bond donors (Lipinski definition) is 1. The van der Waals surface area contributed by atoms with Crippen LogP contribution in [0.1, 0.15) is 17.3 Å². The SMILES string of the molecule is CCOC(=O)c1ccccc1NC(=O)COc1ccc(-c2nnc(-c3ccccc3)o2)cc1. The van der Waals surface area contributed by atoms with Crippen molar-refractivity contribution in [3.05, 3.63) is 84.4 Å². The van der Waals surface area contributed by atoms with Gasteiger partial charge in [0.1, 0.15) is 5.75 Å². The second kappa shape index (κ2) is 10.2. The van der Waals surface area contributed by atoms with E-state index in [2.05, 4.69) is 15.5 Å². The fourth-order valence-electron chi connectivity index (χ4n) is 3.05. The van der Waals surface area contributed by atoms with Crippen LogP contribution in [-0.4, -0.2) is 35.3 Å². The number of esters is 1. The molecule has 3 aromatic carbocycles. The molecule has 0 atom stereocenters. The molecule has 1 amide bonds. The first-order valence-corrected chi connectivity index (χ1v) is 10.3. The predicted molar refractivity (Wildman–Crippen MR) is 122 cm³/mol. The molecule has 1 aromatic heterocycles. The summed E-state index contributed by atoms with van der Waals surface area (Å²) in [6.45, 7) is 1.74. The molecule has 33 heavy (non-hydrogen) atoms. The number of nitrogens with one attached hydrogen (secondary N) is 1. The molecule has 1 heterocycles. The van der Waals surface area contributed by atoms with E-state index >= 15 is 0 Å². The number of rotatable bonds is 8. The van der Waals surface area contributed by atoms with Crippen molar-refractivity contribution >= 4 is 17.6 Å². The number of carbonyl (C=O) groups is 2. The highest BCUT2D eigenvalue weighted by atomic mass is 16.5. The number of hydrogen-bond acceptors (Lipinski definition) is 7. The van der Waals surface area contributed by atoms with Crippen LogP contribution in [0.3, 0.4) is 0 Å². The zero-order chi connectivity index (χ0) is 23.0. The second-order valence-electron chi connectivity index (χ2n) is 6.91. The van der Waals surface area contributed by atoms with E-state index in [4.69, 9.17) is 13.9 Å². The first-order chi connectivity index (χ1) is 16.1. The molecule has 4 aromatic rings. The van der Waals surface area contributed by atoms with Gasteiger partial charge in [-0.1, -0.05) is 30.3 Å². The van der Waals surface area contributed by atoms with Gasteiger partial charge in [0.25, 0.3) is 5.91 Å². The van der Waals surface area contributed by atoms with Gasteiger partial charge in [-0.05, 0) is 55.5 Å². The lowest BCUT2D eigenvalue weighted by Gasteiger charge is -2.11. The largest absolute Gasteiger partial charge is 0.484 e. The summed E-state index contributed by atoms with van der Waals surface area (Å²) in [5.74, 6) is 0.413. The zero-order valence-electron chi connectivity index (χ0n) is 17.9. The van der Waals surface area contributed by atoms with Crippen LogP contribution in [0.5, 0.6) is 5.75 Å². The van der Waals surface area contributed by atoms with E-state index in [1.807, 2.05) is 30.3 Å². The molecule has 8 heteroatoms. The summed E-state index contributed by atoms with van der Waals surface area (Å²) in [4.78, 5) is 24.4. The minimum atomic E-state index is -0.499. The van der Waals surface area contributed by atoms with Gasteiger partial charge in [0.05, 0.1) is 17.9 Å². The summed E-state index contributed by atoms with van der Waals surface area (Å²) in [6, 6.07) is 23.1. The molecule has 0 radical (unpaired) electrons. The Balaban J connectivity index is 1.35. The standard InChI is InChI=1S/C25H21N3O5/c1-2-31-25(30)20-10-6-7-11-21(20)26-22(29)16-32-19-14-12-18(13-15-19)24-28-27-23(33-24)17-8-4-3-5-9-17/h3-15H,2,16H2,1H3,(H,26,29). The van der Waals surface area contributed by atoms with E-state index in [0.717, 1.165) is 11.1 Å². The summed E-state index contributed by atoms with van der Waals surface area (Å²) < 4.78 is 16.3. The first-order valence-electron chi connectivity index (χ1n) is 10.3. The third kappa shape index (κ3) is 5.43. The Kier molecular flexibility index (Phi) is 6.75. The topological polar surface area (TPSA) is 104 Å². The maximum atomic E-state index is 12.3. The molecular weight excluding hydrogens is 422 g/mol. The van der Waals surface area contributed by atoms with Crippen LogP contribution in [0.2, 0.25) is 0 Å². The fourth-order valence-corrected chi connectivity index (χ4v) is 3.05. The Morgan fingerprint density at radius 1 is 0.848 bits per heavy atom. The van der Waals surface area contributed by atoms with Gasteiger partial charge < -0.3 is 19.2 Å². The minimum absolute atomic E-state index is 0.227. The van der Waals surface area contributed by atoms with Crippen molar-refractivity contribution in [2.75, 3.05) is 18.5 Å². The number of benzene rings is 3. The second-order valence-corrected chi connectivity index (χ2v) is 6.91. The third-order valence-electron chi connectivity index (χ3n) is 4.61. The average Bonchev–Trinajstić information content (AvgIpc) is 3.35. The molecule has 0 saturated heterocycles. The van der Waals surface area contributed by atoms with Crippen LogP contribution in [0.15, 0.2) is 83.3 Å². The zero-order valence-corrected chi connectivity index (χ0v) is 17.9. The van der Waals surface area contributed by atoms with E-state index in [1.54, 1.807) is 55.5 Å². The molecule has 166 valence electrons. The van der Waals surface area contributed by atoms with Crippen molar-refractivity contribution in [1.82, 2.24) is 10.2 Å². The minimum Gasteiger partial charge on any atom is -0.484 e. The van der Waals surface area contributed by atoms with Gasteiger partial charge in [0.2, 0.25) is 11.8 Å². The molecule has 0 aliphatic carbocycles. The van der Waals surface area contributed by atoms with E-state index < -0.39 is 11.9 Å². The Bertz CT molecular complexity index is 1240. The number of anilines is 1. The summed E-state index contributed by atoms with van der Waals surface area (Å²) >= 11 is 0. The first kappa shape index (κ1) is 21.8.